The maximum atomic E-state index is 9.64. The molecule has 2 atom stereocenters. The average molecular weight is 318 g/mol. The molecule has 1 aliphatic rings. The van der Waals surface area contributed by atoms with Crippen molar-refractivity contribution in [2.75, 3.05) is 46.4 Å². The van der Waals surface area contributed by atoms with Gasteiger partial charge >= 0.3 is 0 Å². The Morgan fingerprint density at radius 3 is 2.74 bits per heavy atom. The topological polar surface area (TPSA) is 59.9 Å². The summed E-state index contributed by atoms with van der Waals surface area (Å²) in [7, 11) is 2.17. The summed E-state index contributed by atoms with van der Waals surface area (Å²) in [5.74, 6) is 1.58. The molecule has 1 aliphatic heterocycles. The second-order valence-corrected chi connectivity index (χ2v) is 6.31. The second-order valence-electron chi connectivity index (χ2n) is 6.31. The van der Waals surface area contributed by atoms with Crippen LogP contribution in [0, 0.1) is 5.92 Å². The van der Waals surface area contributed by atoms with Crippen LogP contribution in [0.4, 0.5) is 0 Å². The zero-order valence-electron chi connectivity index (χ0n) is 14.3. The van der Waals surface area contributed by atoms with Crippen molar-refractivity contribution in [2.45, 2.75) is 19.3 Å². The van der Waals surface area contributed by atoms with Crippen molar-refractivity contribution < 1.29 is 5.11 Å². The zero-order valence-corrected chi connectivity index (χ0v) is 14.3. The summed E-state index contributed by atoms with van der Waals surface area (Å²) in [6, 6.07) is 10.1. The molecule has 0 aromatic heterocycles. The van der Waals surface area contributed by atoms with Gasteiger partial charge in [-0.25, -0.2) is 0 Å². The Balaban J connectivity index is 1.89. The number of aliphatic hydroxyl groups excluding tert-OH is 1. The number of hydrogen-bond acceptors (Lipinski definition) is 3. The van der Waals surface area contributed by atoms with Crippen molar-refractivity contribution >= 4 is 5.96 Å². The van der Waals surface area contributed by atoms with Crippen LogP contribution in [-0.2, 0) is 0 Å². The SMILES string of the molecule is CCNC(=NCC(CO)c1ccccc1)NCC1CCN(C)C1. The van der Waals surface area contributed by atoms with Gasteiger partial charge in [0.15, 0.2) is 5.96 Å². The first-order valence-corrected chi connectivity index (χ1v) is 8.59. The van der Waals surface area contributed by atoms with E-state index in [1.54, 1.807) is 0 Å². The standard InChI is InChI=1S/C18H30N4O/c1-3-19-18(20-11-15-9-10-22(2)13-15)21-12-17(14-23)16-7-5-4-6-8-16/h4-8,15,17,23H,3,9-14H2,1-2H3,(H2,19,20,21). The highest BCUT2D eigenvalue weighted by Gasteiger charge is 2.19. The molecule has 2 unspecified atom stereocenters. The van der Waals surface area contributed by atoms with Gasteiger partial charge in [0, 0.05) is 25.6 Å². The van der Waals surface area contributed by atoms with Crippen LogP contribution in [0.15, 0.2) is 35.3 Å². The lowest BCUT2D eigenvalue weighted by atomic mass is 10.0. The molecule has 1 aromatic rings. The van der Waals surface area contributed by atoms with Gasteiger partial charge in [0.1, 0.15) is 0 Å². The fraction of sp³-hybridized carbons (Fsp3) is 0.611. The maximum absolute atomic E-state index is 9.64. The number of benzene rings is 1. The molecule has 23 heavy (non-hydrogen) atoms. The fourth-order valence-electron chi connectivity index (χ4n) is 2.97. The lowest BCUT2D eigenvalue weighted by molar-refractivity contribution is 0.268. The molecule has 0 spiro atoms. The first kappa shape index (κ1) is 17.8. The minimum Gasteiger partial charge on any atom is -0.396 e. The van der Waals surface area contributed by atoms with Crippen LogP contribution in [0.3, 0.4) is 0 Å². The number of likely N-dealkylation sites (tertiary alicyclic amines) is 1. The van der Waals surface area contributed by atoms with Crippen LogP contribution in [0.5, 0.6) is 0 Å². The molecule has 0 amide bonds. The Kier molecular flexibility index (Phi) is 7.36. The van der Waals surface area contributed by atoms with Gasteiger partial charge in [0.2, 0.25) is 0 Å². The molecule has 1 saturated heterocycles. The van der Waals surface area contributed by atoms with Crippen molar-refractivity contribution in [3.63, 3.8) is 0 Å². The first-order chi connectivity index (χ1) is 11.2. The quantitative estimate of drug-likeness (QED) is 0.523. The lowest BCUT2D eigenvalue weighted by Gasteiger charge is -2.17. The minimum atomic E-state index is 0.0456. The highest BCUT2D eigenvalue weighted by molar-refractivity contribution is 5.79. The zero-order chi connectivity index (χ0) is 16.5. The molecule has 0 radical (unpaired) electrons. The predicted molar refractivity (Wildman–Crippen MR) is 95.9 cm³/mol. The van der Waals surface area contributed by atoms with Crippen LogP contribution in [0.25, 0.3) is 0 Å². The van der Waals surface area contributed by atoms with Gasteiger partial charge in [-0.05, 0) is 38.4 Å². The van der Waals surface area contributed by atoms with Gasteiger partial charge in [0.05, 0.1) is 13.2 Å². The summed E-state index contributed by atoms with van der Waals surface area (Å²) in [6.45, 7) is 6.88. The summed E-state index contributed by atoms with van der Waals surface area (Å²) in [6.07, 6.45) is 1.24. The first-order valence-electron chi connectivity index (χ1n) is 8.59. The van der Waals surface area contributed by atoms with Gasteiger partial charge in [-0.15, -0.1) is 0 Å². The molecular weight excluding hydrogens is 288 g/mol. The third kappa shape index (κ3) is 5.84. The maximum Gasteiger partial charge on any atom is 0.191 e. The number of nitrogens with one attached hydrogen (secondary N) is 2. The van der Waals surface area contributed by atoms with Crippen molar-refractivity contribution in [1.29, 1.82) is 0 Å². The fourth-order valence-corrected chi connectivity index (χ4v) is 2.97. The van der Waals surface area contributed by atoms with E-state index < -0.39 is 0 Å². The van der Waals surface area contributed by atoms with Gasteiger partial charge in [0.25, 0.3) is 0 Å². The van der Waals surface area contributed by atoms with Crippen molar-refractivity contribution in [2.24, 2.45) is 10.9 Å². The van der Waals surface area contributed by atoms with E-state index in [1.165, 1.54) is 13.0 Å². The largest absolute Gasteiger partial charge is 0.396 e. The number of aliphatic hydroxyl groups is 1. The molecule has 2 rings (SSSR count). The molecule has 0 aliphatic carbocycles. The summed E-state index contributed by atoms with van der Waals surface area (Å²) in [5.41, 5.74) is 1.13. The van der Waals surface area contributed by atoms with E-state index in [-0.39, 0.29) is 12.5 Å². The molecule has 0 bridgehead atoms. The Morgan fingerprint density at radius 1 is 1.35 bits per heavy atom. The smallest absolute Gasteiger partial charge is 0.191 e. The van der Waals surface area contributed by atoms with Crippen LogP contribution in [0.2, 0.25) is 0 Å². The van der Waals surface area contributed by atoms with Gasteiger partial charge in [-0.2, -0.15) is 0 Å². The van der Waals surface area contributed by atoms with Gasteiger partial charge in [-0.3, -0.25) is 4.99 Å². The van der Waals surface area contributed by atoms with Crippen LogP contribution in [0.1, 0.15) is 24.8 Å². The molecule has 5 heteroatoms. The van der Waals surface area contributed by atoms with E-state index in [1.807, 2.05) is 30.3 Å². The number of guanidine groups is 1. The van der Waals surface area contributed by atoms with E-state index >= 15 is 0 Å². The monoisotopic (exact) mass is 318 g/mol. The summed E-state index contributed by atoms with van der Waals surface area (Å²) in [5, 5.41) is 16.4. The molecule has 5 nitrogen and oxygen atoms in total. The minimum absolute atomic E-state index is 0.0456. The third-order valence-corrected chi connectivity index (χ3v) is 4.35. The normalized spacial score (nSPS) is 20.5. The highest BCUT2D eigenvalue weighted by atomic mass is 16.3. The predicted octanol–water partition coefficient (Wildman–Crippen LogP) is 1.27. The molecule has 3 N–H and O–H groups in total. The lowest BCUT2D eigenvalue weighted by Crippen LogP contribution is -2.40. The summed E-state index contributed by atoms with van der Waals surface area (Å²) in [4.78, 5) is 7.03. The summed E-state index contributed by atoms with van der Waals surface area (Å²) >= 11 is 0. The van der Waals surface area contributed by atoms with E-state index in [0.717, 1.165) is 31.2 Å². The van der Waals surface area contributed by atoms with Crippen LogP contribution < -0.4 is 10.6 Å². The summed E-state index contributed by atoms with van der Waals surface area (Å²) < 4.78 is 0. The Morgan fingerprint density at radius 2 is 2.13 bits per heavy atom. The van der Waals surface area contributed by atoms with Crippen molar-refractivity contribution in [3.8, 4) is 0 Å². The van der Waals surface area contributed by atoms with E-state index in [2.05, 4.69) is 34.5 Å². The third-order valence-electron chi connectivity index (χ3n) is 4.35. The number of nitrogens with zero attached hydrogens (tertiary/aromatic N) is 2. The van der Waals surface area contributed by atoms with Crippen LogP contribution in [-0.4, -0.2) is 62.3 Å². The Bertz CT molecular complexity index is 477. The number of hydrogen-bond donors (Lipinski definition) is 3. The van der Waals surface area contributed by atoms with Crippen LogP contribution >= 0.6 is 0 Å². The van der Waals surface area contributed by atoms with Gasteiger partial charge < -0.3 is 20.6 Å². The molecule has 1 aromatic carbocycles. The Labute approximate surface area is 139 Å². The van der Waals surface area contributed by atoms with Crippen molar-refractivity contribution in [3.05, 3.63) is 35.9 Å². The molecule has 128 valence electrons. The highest BCUT2D eigenvalue weighted by Crippen LogP contribution is 2.15. The van der Waals surface area contributed by atoms with Gasteiger partial charge in [-0.1, -0.05) is 30.3 Å². The van der Waals surface area contributed by atoms with E-state index in [9.17, 15) is 5.11 Å². The van der Waals surface area contributed by atoms with E-state index in [0.29, 0.717) is 12.5 Å². The second kappa shape index (κ2) is 9.53. The molecule has 0 saturated carbocycles. The molecule has 1 heterocycles. The number of rotatable bonds is 7. The number of aliphatic imine (C=N–C) groups is 1. The molecular formula is C18H30N4O. The Hall–Kier alpha value is -1.59. The average Bonchev–Trinajstić information content (AvgIpc) is 2.99. The van der Waals surface area contributed by atoms with E-state index in [4.69, 9.17) is 0 Å². The molecule has 1 fully saturated rings. The van der Waals surface area contributed by atoms with Crippen molar-refractivity contribution in [1.82, 2.24) is 15.5 Å².